The number of aromatic nitrogens is 2. The molecular formula is C10H14N3O6P. The summed E-state index contributed by atoms with van der Waals surface area (Å²) in [5.41, 5.74) is 4.91. The number of anilines is 1. The standard InChI is InChI=1S/C10H14N3O6P/c1-2-7-3-13(10(15)12-9(7)11)4-8(5-14)19-6-20(16,17)18/h1,3,8,14H,4-6H2,(H2,11,12,15)(H2,16,17,18)/t8-/m0/s1. The number of rotatable bonds is 6. The molecule has 110 valence electrons. The van der Waals surface area contributed by atoms with Gasteiger partial charge in [0.1, 0.15) is 12.2 Å². The van der Waals surface area contributed by atoms with E-state index >= 15 is 0 Å². The quantitative estimate of drug-likeness (QED) is 0.360. The van der Waals surface area contributed by atoms with E-state index in [0.29, 0.717) is 0 Å². The lowest BCUT2D eigenvalue weighted by Gasteiger charge is -2.17. The summed E-state index contributed by atoms with van der Waals surface area (Å²) in [6.45, 7) is -0.709. The monoisotopic (exact) mass is 303 g/mol. The maximum atomic E-state index is 11.6. The van der Waals surface area contributed by atoms with E-state index < -0.39 is 32.3 Å². The highest BCUT2D eigenvalue weighted by atomic mass is 31.2. The lowest BCUT2D eigenvalue weighted by atomic mass is 10.3. The van der Waals surface area contributed by atoms with Crippen molar-refractivity contribution in [2.75, 3.05) is 18.7 Å². The highest BCUT2D eigenvalue weighted by Crippen LogP contribution is 2.34. The summed E-state index contributed by atoms with van der Waals surface area (Å²) >= 11 is 0. The minimum atomic E-state index is -4.36. The summed E-state index contributed by atoms with van der Waals surface area (Å²) in [7, 11) is -4.36. The summed E-state index contributed by atoms with van der Waals surface area (Å²) in [4.78, 5) is 32.4. The zero-order valence-corrected chi connectivity index (χ0v) is 11.2. The van der Waals surface area contributed by atoms with Gasteiger partial charge in [-0.3, -0.25) is 9.13 Å². The highest BCUT2D eigenvalue weighted by molar-refractivity contribution is 7.51. The first-order valence-corrected chi connectivity index (χ1v) is 7.17. The van der Waals surface area contributed by atoms with Gasteiger partial charge in [0.15, 0.2) is 0 Å². The molecule has 0 saturated heterocycles. The second-order valence-electron chi connectivity index (χ2n) is 3.88. The van der Waals surface area contributed by atoms with Crippen molar-refractivity contribution in [3.8, 4) is 12.3 Å². The van der Waals surface area contributed by atoms with Crippen molar-refractivity contribution in [2.24, 2.45) is 0 Å². The van der Waals surface area contributed by atoms with Gasteiger partial charge >= 0.3 is 13.3 Å². The molecule has 20 heavy (non-hydrogen) atoms. The third-order valence-electron chi connectivity index (χ3n) is 2.26. The van der Waals surface area contributed by atoms with Gasteiger partial charge in [0.05, 0.1) is 24.8 Å². The van der Waals surface area contributed by atoms with Crippen molar-refractivity contribution >= 4 is 13.4 Å². The van der Waals surface area contributed by atoms with E-state index in [1.165, 1.54) is 6.20 Å². The molecule has 0 aliphatic carbocycles. The third-order valence-corrected chi connectivity index (χ3v) is 2.75. The molecule has 1 atom stereocenters. The Labute approximate surface area is 114 Å². The van der Waals surface area contributed by atoms with Crippen LogP contribution in [-0.4, -0.2) is 43.5 Å². The van der Waals surface area contributed by atoms with E-state index in [1.54, 1.807) is 0 Å². The first kappa shape index (κ1) is 16.4. The van der Waals surface area contributed by atoms with Crippen molar-refractivity contribution in [1.29, 1.82) is 0 Å². The minimum absolute atomic E-state index is 0.0922. The van der Waals surface area contributed by atoms with E-state index in [2.05, 4.69) is 10.9 Å². The SMILES string of the molecule is C#Cc1cn(C[C@@H](CO)OCP(=O)(O)O)c(=O)nc1N. The van der Waals surface area contributed by atoms with Crippen LogP contribution >= 0.6 is 7.60 Å². The number of nitrogen functional groups attached to an aromatic ring is 1. The van der Waals surface area contributed by atoms with Crippen molar-refractivity contribution in [3.63, 3.8) is 0 Å². The van der Waals surface area contributed by atoms with E-state index in [0.717, 1.165) is 4.57 Å². The number of hydrogen-bond acceptors (Lipinski definition) is 6. The summed E-state index contributed by atoms with van der Waals surface area (Å²) < 4.78 is 16.6. The molecule has 5 N–H and O–H groups in total. The van der Waals surface area contributed by atoms with Crippen LogP contribution in [0.15, 0.2) is 11.0 Å². The van der Waals surface area contributed by atoms with Gasteiger partial charge in [-0.15, -0.1) is 6.42 Å². The van der Waals surface area contributed by atoms with Crippen molar-refractivity contribution in [1.82, 2.24) is 9.55 Å². The number of hydrogen-bond donors (Lipinski definition) is 4. The largest absolute Gasteiger partial charge is 0.394 e. The zero-order chi connectivity index (χ0) is 15.3. The molecule has 0 unspecified atom stereocenters. The first-order chi connectivity index (χ1) is 9.26. The van der Waals surface area contributed by atoms with Gasteiger partial charge in [-0.1, -0.05) is 5.92 Å². The Morgan fingerprint density at radius 2 is 2.25 bits per heavy atom. The molecule has 0 radical (unpaired) electrons. The number of ether oxygens (including phenoxy) is 1. The molecule has 1 rings (SSSR count). The van der Waals surface area contributed by atoms with Crippen LogP contribution in [0.4, 0.5) is 5.82 Å². The lowest BCUT2D eigenvalue weighted by molar-refractivity contribution is 0.0188. The average Bonchev–Trinajstić information content (AvgIpc) is 2.35. The smallest absolute Gasteiger partial charge is 0.350 e. The molecule has 1 heterocycles. The second-order valence-corrected chi connectivity index (χ2v) is 5.47. The van der Waals surface area contributed by atoms with E-state index in [9.17, 15) is 9.36 Å². The van der Waals surface area contributed by atoms with Gasteiger partial charge in [-0.05, 0) is 0 Å². The summed E-state index contributed by atoms with van der Waals surface area (Å²) in [5.74, 6) is 2.14. The number of nitrogens with two attached hydrogens (primary N) is 1. The Balaban J connectivity index is 2.88. The van der Waals surface area contributed by atoms with Gasteiger partial charge in [0.25, 0.3) is 0 Å². The summed E-state index contributed by atoms with van der Waals surface area (Å²) in [6, 6.07) is 0. The van der Waals surface area contributed by atoms with Gasteiger partial charge in [-0.2, -0.15) is 4.98 Å². The molecule has 0 fully saturated rings. The Morgan fingerprint density at radius 3 is 2.75 bits per heavy atom. The molecule has 0 bridgehead atoms. The van der Waals surface area contributed by atoms with Crippen LogP contribution in [0.5, 0.6) is 0 Å². The molecular weight excluding hydrogens is 289 g/mol. The van der Waals surface area contributed by atoms with Crippen molar-refractivity contribution < 1.29 is 24.2 Å². The highest BCUT2D eigenvalue weighted by Gasteiger charge is 2.18. The van der Waals surface area contributed by atoms with Crippen LogP contribution in [0.1, 0.15) is 5.56 Å². The van der Waals surface area contributed by atoms with Crippen molar-refractivity contribution in [2.45, 2.75) is 12.6 Å². The topological polar surface area (TPSA) is 148 Å². The first-order valence-electron chi connectivity index (χ1n) is 5.37. The Bertz CT molecular complexity index is 616. The number of nitrogens with zero attached hydrogens (tertiary/aromatic N) is 2. The fourth-order valence-corrected chi connectivity index (χ4v) is 1.74. The van der Waals surface area contributed by atoms with Crippen LogP contribution in [0.25, 0.3) is 0 Å². The minimum Gasteiger partial charge on any atom is -0.394 e. The predicted octanol–water partition coefficient (Wildman–Crippen LogP) is -1.68. The van der Waals surface area contributed by atoms with Crippen LogP contribution in [0, 0.1) is 12.3 Å². The normalized spacial score (nSPS) is 12.9. The molecule has 0 aliphatic rings. The molecule has 0 saturated carbocycles. The van der Waals surface area contributed by atoms with E-state index in [1.807, 2.05) is 0 Å². The molecule has 0 aliphatic heterocycles. The Hall–Kier alpha value is -1.69. The Morgan fingerprint density at radius 1 is 1.60 bits per heavy atom. The van der Waals surface area contributed by atoms with E-state index in [4.69, 9.17) is 31.8 Å². The number of aliphatic hydroxyl groups excluding tert-OH is 1. The zero-order valence-electron chi connectivity index (χ0n) is 10.3. The lowest BCUT2D eigenvalue weighted by Crippen LogP contribution is -2.32. The molecule has 0 spiro atoms. The molecule has 10 heteroatoms. The van der Waals surface area contributed by atoms with Crippen LogP contribution in [-0.2, 0) is 15.8 Å². The van der Waals surface area contributed by atoms with Crippen LogP contribution in [0.3, 0.4) is 0 Å². The Kier molecular flexibility index (Phi) is 5.44. The maximum absolute atomic E-state index is 11.6. The van der Waals surface area contributed by atoms with Gasteiger partial charge in [-0.25, -0.2) is 4.79 Å². The third kappa shape index (κ3) is 4.77. The van der Waals surface area contributed by atoms with Crippen LogP contribution < -0.4 is 11.4 Å². The predicted molar refractivity (Wildman–Crippen MR) is 69.7 cm³/mol. The van der Waals surface area contributed by atoms with Gasteiger partial charge < -0.3 is 25.4 Å². The van der Waals surface area contributed by atoms with Crippen molar-refractivity contribution in [3.05, 3.63) is 22.2 Å². The second kappa shape index (κ2) is 6.65. The molecule has 0 amide bonds. The van der Waals surface area contributed by atoms with E-state index in [-0.39, 0.29) is 17.9 Å². The van der Waals surface area contributed by atoms with Crippen LogP contribution in [0.2, 0.25) is 0 Å². The summed E-state index contributed by atoms with van der Waals surface area (Å²) in [6.07, 6.45) is 4.58. The fraction of sp³-hybridized carbons (Fsp3) is 0.400. The number of aliphatic hydroxyl groups is 1. The molecule has 9 nitrogen and oxygen atoms in total. The average molecular weight is 303 g/mol. The summed E-state index contributed by atoms with van der Waals surface area (Å²) in [5, 5.41) is 9.08. The van der Waals surface area contributed by atoms with Gasteiger partial charge in [0, 0.05) is 6.20 Å². The number of terminal acetylenes is 1. The molecule has 1 aromatic heterocycles. The van der Waals surface area contributed by atoms with Gasteiger partial charge in [0.2, 0.25) is 0 Å². The maximum Gasteiger partial charge on any atom is 0.350 e. The molecule has 0 aromatic carbocycles. The molecule has 1 aromatic rings. The fourth-order valence-electron chi connectivity index (χ4n) is 1.33.